The molecule has 0 radical (unpaired) electrons. The van der Waals surface area contributed by atoms with E-state index in [1.807, 2.05) is 6.92 Å². The molecule has 1 rings (SSSR count). The highest BCUT2D eigenvalue weighted by Gasteiger charge is 2.29. The summed E-state index contributed by atoms with van der Waals surface area (Å²) in [4.78, 5) is 11.2. The summed E-state index contributed by atoms with van der Waals surface area (Å²) < 4.78 is 0. The predicted octanol–water partition coefficient (Wildman–Crippen LogP) is 2.57. The van der Waals surface area contributed by atoms with Gasteiger partial charge in [-0.2, -0.15) is 0 Å². The SMILES string of the molecule is CC(=O)C1(C)C=CC(C)CC1. The molecule has 11 heavy (non-hydrogen) atoms. The molecule has 0 saturated carbocycles. The Balaban J connectivity index is 2.76. The number of hydrogen-bond acceptors (Lipinski definition) is 1. The zero-order valence-corrected chi connectivity index (χ0v) is 7.55. The Morgan fingerprint density at radius 2 is 2.27 bits per heavy atom. The Bertz CT molecular complexity index is 193. The lowest BCUT2D eigenvalue weighted by molar-refractivity contribution is -0.124. The Labute approximate surface area is 68.5 Å². The third-order valence-electron chi connectivity index (χ3n) is 2.72. The van der Waals surface area contributed by atoms with Crippen LogP contribution in [0.4, 0.5) is 0 Å². The normalized spacial score (nSPS) is 37.2. The topological polar surface area (TPSA) is 17.1 Å². The number of rotatable bonds is 1. The van der Waals surface area contributed by atoms with Crippen molar-refractivity contribution in [2.75, 3.05) is 0 Å². The average molecular weight is 152 g/mol. The summed E-state index contributed by atoms with van der Waals surface area (Å²) in [6.45, 7) is 5.90. The van der Waals surface area contributed by atoms with Crippen LogP contribution >= 0.6 is 0 Å². The van der Waals surface area contributed by atoms with Crippen molar-refractivity contribution in [2.24, 2.45) is 11.3 Å². The van der Waals surface area contributed by atoms with Gasteiger partial charge in [-0.3, -0.25) is 4.79 Å². The fraction of sp³-hybridized carbons (Fsp3) is 0.700. The van der Waals surface area contributed by atoms with Crippen LogP contribution in [0.25, 0.3) is 0 Å². The largest absolute Gasteiger partial charge is 0.299 e. The molecule has 0 saturated heterocycles. The minimum atomic E-state index is -0.160. The number of allylic oxidation sites excluding steroid dienone is 2. The number of Topliss-reactive ketones (excluding diaryl/α,β-unsaturated/α-hetero) is 1. The molecule has 0 aromatic rings. The lowest BCUT2D eigenvalue weighted by Crippen LogP contribution is -2.26. The summed E-state index contributed by atoms with van der Waals surface area (Å²) in [7, 11) is 0. The fourth-order valence-corrected chi connectivity index (χ4v) is 1.38. The van der Waals surface area contributed by atoms with Gasteiger partial charge in [0.15, 0.2) is 0 Å². The van der Waals surface area contributed by atoms with Gasteiger partial charge in [0, 0.05) is 5.41 Å². The van der Waals surface area contributed by atoms with Crippen LogP contribution in [0.3, 0.4) is 0 Å². The molecule has 2 atom stereocenters. The van der Waals surface area contributed by atoms with Gasteiger partial charge in [0.05, 0.1) is 0 Å². The first-order valence-corrected chi connectivity index (χ1v) is 4.25. The van der Waals surface area contributed by atoms with Gasteiger partial charge in [-0.15, -0.1) is 0 Å². The molecule has 0 spiro atoms. The van der Waals surface area contributed by atoms with E-state index in [9.17, 15) is 4.79 Å². The Morgan fingerprint density at radius 3 is 2.64 bits per heavy atom. The first-order valence-electron chi connectivity index (χ1n) is 4.25. The van der Waals surface area contributed by atoms with Crippen LogP contribution in [0.2, 0.25) is 0 Å². The molecule has 0 heterocycles. The van der Waals surface area contributed by atoms with Crippen molar-refractivity contribution in [3.8, 4) is 0 Å². The molecule has 2 unspecified atom stereocenters. The van der Waals surface area contributed by atoms with E-state index < -0.39 is 0 Å². The molecule has 0 aromatic carbocycles. The van der Waals surface area contributed by atoms with Gasteiger partial charge in [0.25, 0.3) is 0 Å². The highest BCUT2D eigenvalue weighted by molar-refractivity contribution is 5.84. The van der Waals surface area contributed by atoms with E-state index in [-0.39, 0.29) is 5.41 Å². The summed E-state index contributed by atoms with van der Waals surface area (Å²) in [6, 6.07) is 0. The van der Waals surface area contributed by atoms with Crippen LogP contribution in [0.1, 0.15) is 33.6 Å². The van der Waals surface area contributed by atoms with E-state index in [4.69, 9.17) is 0 Å². The first kappa shape index (κ1) is 8.51. The molecular formula is C10H16O. The van der Waals surface area contributed by atoms with Gasteiger partial charge < -0.3 is 0 Å². The smallest absolute Gasteiger partial charge is 0.139 e. The summed E-state index contributed by atoms with van der Waals surface area (Å²) in [6.07, 6.45) is 6.39. The summed E-state index contributed by atoms with van der Waals surface area (Å²) >= 11 is 0. The number of ketones is 1. The lowest BCUT2D eigenvalue weighted by atomic mass is 9.75. The number of hydrogen-bond donors (Lipinski definition) is 0. The van der Waals surface area contributed by atoms with E-state index in [1.54, 1.807) is 6.92 Å². The van der Waals surface area contributed by atoms with Gasteiger partial charge in [-0.1, -0.05) is 19.1 Å². The van der Waals surface area contributed by atoms with Crippen molar-refractivity contribution in [1.29, 1.82) is 0 Å². The molecule has 1 aliphatic rings. The number of carbonyl (C=O) groups is 1. The minimum Gasteiger partial charge on any atom is -0.299 e. The van der Waals surface area contributed by atoms with Crippen LogP contribution in [0.15, 0.2) is 12.2 Å². The molecule has 0 aromatic heterocycles. The first-order chi connectivity index (χ1) is 5.04. The number of carbonyl (C=O) groups excluding carboxylic acids is 1. The summed E-state index contributed by atoms with van der Waals surface area (Å²) in [5, 5.41) is 0. The molecule has 0 aliphatic heterocycles. The highest BCUT2D eigenvalue weighted by Crippen LogP contribution is 2.33. The fourth-order valence-electron chi connectivity index (χ4n) is 1.38. The third kappa shape index (κ3) is 1.70. The second-order valence-corrected chi connectivity index (χ2v) is 3.85. The highest BCUT2D eigenvalue weighted by atomic mass is 16.1. The molecule has 1 aliphatic carbocycles. The van der Waals surface area contributed by atoms with Gasteiger partial charge >= 0.3 is 0 Å². The maximum atomic E-state index is 11.2. The van der Waals surface area contributed by atoms with E-state index >= 15 is 0 Å². The quantitative estimate of drug-likeness (QED) is 0.528. The van der Waals surface area contributed by atoms with Crippen molar-refractivity contribution in [3.63, 3.8) is 0 Å². The summed E-state index contributed by atoms with van der Waals surface area (Å²) in [5.41, 5.74) is -0.160. The second kappa shape index (κ2) is 2.80. The zero-order chi connectivity index (χ0) is 8.48. The Morgan fingerprint density at radius 1 is 1.64 bits per heavy atom. The third-order valence-corrected chi connectivity index (χ3v) is 2.72. The molecular weight excluding hydrogens is 136 g/mol. The van der Waals surface area contributed by atoms with Gasteiger partial charge in [0.1, 0.15) is 5.78 Å². The summed E-state index contributed by atoms with van der Waals surface area (Å²) in [5.74, 6) is 0.947. The van der Waals surface area contributed by atoms with E-state index in [0.717, 1.165) is 12.8 Å². The van der Waals surface area contributed by atoms with Gasteiger partial charge in [0.2, 0.25) is 0 Å². The van der Waals surface area contributed by atoms with Crippen LogP contribution in [-0.4, -0.2) is 5.78 Å². The van der Waals surface area contributed by atoms with Crippen molar-refractivity contribution in [1.82, 2.24) is 0 Å². The minimum absolute atomic E-state index is 0.160. The standard InChI is InChI=1S/C10H16O/c1-8-4-6-10(3,7-5-8)9(2)11/h4,6,8H,5,7H2,1-3H3. The van der Waals surface area contributed by atoms with Gasteiger partial charge in [-0.25, -0.2) is 0 Å². The maximum Gasteiger partial charge on any atom is 0.139 e. The van der Waals surface area contributed by atoms with Crippen LogP contribution in [-0.2, 0) is 4.79 Å². The van der Waals surface area contributed by atoms with Crippen molar-refractivity contribution >= 4 is 5.78 Å². The molecule has 1 heteroatoms. The molecule has 0 bridgehead atoms. The molecule has 0 fully saturated rings. The average Bonchev–Trinajstić information content (AvgIpc) is 1.95. The molecule has 0 amide bonds. The van der Waals surface area contributed by atoms with Crippen LogP contribution < -0.4 is 0 Å². The Hall–Kier alpha value is -0.590. The maximum absolute atomic E-state index is 11.2. The van der Waals surface area contributed by atoms with Crippen LogP contribution in [0.5, 0.6) is 0 Å². The van der Waals surface area contributed by atoms with Crippen molar-refractivity contribution in [2.45, 2.75) is 33.6 Å². The van der Waals surface area contributed by atoms with E-state index in [1.165, 1.54) is 0 Å². The zero-order valence-electron chi connectivity index (χ0n) is 7.55. The van der Waals surface area contributed by atoms with Crippen molar-refractivity contribution < 1.29 is 4.79 Å². The predicted molar refractivity (Wildman–Crippen MR) is 46.3 cm³/mol. The monoisotopic (exact) mass is 152 g/mol. The second-order valence-electron chi connectivity index (χ2n) is 3.85. The molecule has 1 nitrogen and oxygen atoms in total. The van der Waals surface area contributed by atoms with Crippen LogP contribution in [0, 0.1) is 11.3 Å². The molecule has 0 N–H and O–H groups in total. The van der Waals surface area contributed by atoms with E-state index in [0.29, 0.717) is 11.7 Å². The lowest BCUT2D eigenvalue weighted by Gasteiger charge is -2.28. The van der Waals surface area contributed by atoms with Crippen molar-refractivity contribution in [3.05, 3.63) is 12.2 Å². The van der Waals surface area contributed by atoms with E-state index in [2.05, 4.69) is 19.1 Å². The molecule has 62 valence electrons. The Kier molecular flexibility index (Phi) is 2.17. The van der Waals surface area contributed by atoms with Gasteiger partial charge in [-0.05, 0) is 32.6 Å².